The SMILES string of the molecule is O=C(COCc1ccccc1)Nc1nnc(SCC(=O)c2ccc(F)c(F)c2)s1. The maximum absolute atomic E-state index is 13.2. The van der Waals surface area contributed by atoms with E-state index in [0.717, 1.165) is 40.8 Å². The number of thioether (sulfide) groups is 1. The van der Waals surface area contributed by atoms with Crippen molar-refractivity contribution in [2.75, 3.05) is 17.7 Å². The van der Waals surface area contributed by atoms with Crippen LogP contribution in [0.25, 0.3) is 0 Å². The first-order valence-electron chi connectivity index (χ1n) is 8.37. The Labute approximate surface area is 173 Å². The van der Waals surface area contributed by atoms with Crippen molar-refractivity contribution >= 4 is 39.9 Å². The molecule has 0 aliphatic heterocycles. The van der Waals surface area contributed by atoms with Crippen LogP contribution in [0.5, 0.6) is 0 Å². The number of amides is 1. The fourth-order valence-electron chi connectivity index (χ4n) is 2.19. The Hall–Kier alpha value is -2.69. The molecule has 0 aliphatic carbocycles. The van der Waals surface area contributed by atoms with Crippen molar-refractivity contribution in [3.63, 3.8) is 0 Å². The molecule has 0 fully saturated rings. The van der Waals surface area contributed by atoms with Crippen LogP contribution in [0.1, 0.15) is 15.9 Å². The molecule has 6 nitrogen and oxygen atoms in total. The van der Waals surface area contributed by atoms with Gasteiger partial charge >= 0.3 is 0 Å². The summed E-state index contributed by atoms with van der Waals surface area (Å²) in [4.78, 5) is 24.0. The Balaban J connectivity index is 1.43. The second-order valence-corrected chi connectivity index (χ2v) is 7.94. The van der Waals surface area contributed by atoms with E-state index in [2.05, 4.69) is 15.5 Å². The van der Waals surface area contributed by atoms with Gasteiger partial charge in [0.15, 0.2) is 21.8 Å². The van der Waals surface area contributed by atoms with Gasteiger partial charge < -0.3 is 4.74 Å². The molecular weight excluding hydrogens is 420 g/mol. The minimum absolute atomic E-state index is 0.0200. The van der Waals surface area contributed by atoms with Crippen molar-refractivity contribution in [1.82, 2.24) is 10.2 Å². The minimum atomic E-state index is -1.07. The van der Waals surface area contributed by atoms with Crippen LogP contribution in [0.3, 0.4) is 0 Å². The van der Waals surface area contributed by atoms with Crippen LogP contribution in [0.15, 0.2) is 52.9 Å². The van der Waals surface area contributed by atoms with E-state index >= 15 is 0 Å². The lowest BCUT2D eigenvalue weighted by molar-refractivity contribution is -0.121. The van der Waals surface area contributed by atoms with E-state index in [1.54, 1.807) is 0 Å². The number of carbonyl (C=O) groups excluding carboxylic acids is 2. The maximum atomic E-state index is 13.2. The molecule has 0 unspecified atom stereocenters. The second kappa shape index (κ2) is 10.2. The molecule has 1 N–H and O–H groups in total. The van der Waals surface area contributed by atoms with Crippen LogP contribution >= 0.6 is 23.1 Å². The van der Waals surface area contributed by atoms with Gasteiger partial charge in [-0.05, 0) is 23.8 Å². The summed E-state index contributed by atoms with van der Waals surface area (Å²) in [6, 6.07) is 12.5. The summed E-state index contributed by atoms with van der Waals surface area (Å²) in [5, 5.41) is 10.6. The Morgan fingerprint density at radius 3 is 2.62 bits per heavy atom. The number of ether oxygens (including phenoxy) is 1. The summed E-state index contributed by atoms with van der Waals surface area (Å²) in [5.74, 6) is -2.84. The van der Waals surface area contributed by atoms with Crippen LogP contribution in [0.2, 0.25) is 0 Å². The summed E-state index contributed by atoms with van der Waals surface area (Å²) in [6.07, 6.45) is 0. The number of ketones is 1. The van der Waals surface area contributed by atoms with Crippen molar-refractivity contribution < 1.29 is 23.1 Å². The highest BCUT2D eigenvalue weighted by molar-refractivity contribution is 8.01. The van der Waals surface area contributed by atoms with Crippen molar-refractivity contribution in [3.8, 4) is 0 Å². The number of halogens is 2. The predicted octanol–water partition coefficient (Wildman–Crippen LogP) is 3.95. The van der Waals surface area contributed by atoms with Crippen molar-refractivity contribution in [2.45, 2.75) is 10.9 Å². The van der Waals surface area contributed by atoms with E-state index in [1.807, 2.05) is 30.3 Å². The summed E-state index contributed by atoms with van der Waals surface area (Å²) >= 11 is 2.19. The number of hydrogen-bond acceptors (Lipinski definition) is 7. The Morgan fingerprint density at radius 1 is 1.07 bits per heavy atom. The number of nitrogens with zero attached hydrogens (tertiary/aromatic N) is 2. The highest BCUT2D eigenvalue weighted by atomic mass is 32.2. The molecule has 29 heavy (non-hydrogen) atoms. The van der Waals surface area contributed by atoms with Gasteiger partial charge in [-0.25, -0.2) is 8.78 Å². The molecule has 0 bridgehead atoms. The fourth-order valence-corrected chi connectivity index (χ4v) is 3.85. The van der Waals surface area contributed by atoms with Crippen molar-refractivity contribution in [2.24, 2.45) is 0 Å². The van der Waals surface area contributed by atoms with Crippen molar-refractivity contribution in [3.05, 3.63) is 71.3 Å². The standard InChI is InChI=1S/C19H15F2N3O3S2/c20-14-7-6-13(8-15(14)21)16(25)11-28-19-24-23-18(29-19)22-17(26)10-27-9-12-4-2-1-3-5-12/h1-8H,9-11H2,(H,22,23,26). The van der Waals surface area contributed by atoms with Gasteiger partial charge in [0.2, 0.25) is 5.13 Å². The molecule has 3 aromatic rings. The topological polar surface area (TPSA) is 81.2 Å². The lowest BCUT2D eigenvalue weighted by Crippen LogP contribution is -2.18. The van der Waals surface area contributed by atoms with Crippen LogP contribution in [0, 0.1) is 11.6 Å². The van der Waals surface area contributed by atoms with Crippen LogP contribution in [-0.4, -0.2) is 34.2 Å². The fraction of sp³-hybridized carbons (Fsp3) is 0.158. The molecule has 0 aliphatic rings. The van der Waals surface area contributed by atoms with E-state index in [0.29, 0.717) is 10.9 Å². The molecule has 0 saturated heterocycles. The smallest absolute Gasteiger partial charge is 0.252 e. The summed E-state index contributed by atoms with van der Waals surface area (Å²) in [5.41, 5.74) is 1.03. The van der Waals surface area contributed by atoms with E-state index < -0.39 is 11.6 Å². The quantitative estimate of drug-likeness (QED) is 0.311. The molecule has 0 radical (unpaired) electrons. The second-order valence-electron chi connectivity index (χ2n) is 5.74. The first-order valence-corrected chi connectivity index (χ1v) is 10.2. The van der Waals surface area contributed by atoms with Gasteiger partial charge in [0.1, 0.15) is 6.61 Å². The monoisotopic (exact) mass is 435 g/mol. The normalized spacial score (nSPS) is 10.7. The zero-order chi connectivity index (χ0) is 20.6. The third-order valence-electron chi connectivity index (χ3n) is 3.57. The van der Waals surface area contributed by atoms with E-state index in [1.165, 1.54) is 6.07 Å². The Bertz CT molecular complexity index is 999. The number of hydrogen-bond donors (Lipinski definition) is 1. The molecule has 10 heteroatoms. The third-order valence-corrected chi connectivity index (χ3v) is 5.54. The maximum Gasteiger partial charge on any atom is 0.252 e. The zero-order valence-corrected chi connectivity index (χ0v) is 16.6. The molecule has 0 atom stereocenters. The number of benzene rings is 2. The minimum Gasteiger partial charge on any atom is -0.367 e. The van der Waals surface area contributed by atoms with Gasteiger partial charge in [0.05, 0.1) is 12.4 Å². The van der Waals surface area contributed by atoms with Gasteiger partial charge in [-0.3, -0.25) is 14.9 Å². The summed E-state index contributed by atoms with van der Waals surface area (Å²) < 4.78 is 31.9. The van der Waals surface area contributed by atoms with Gasteiger partial charge in [0.25, 0.3) is 5.91 Å². The average molecular weight is 435 g/mol. The molecule has 0 saturated carbocycles. The highest BCUT2D eigenvalue weighted by Crippen LogP contribution is 2.26. The number of Topliss-reactive ketones (excluding diaryl/α,β-unsaturated/α-hetero) is 1. The molecular formula is C19H15F2N3O3S2. The zero-order valence-electron chi connectivity index (χ0n) is 14.9. The lowest BCUT2D eigenvalue weighted by atomic mass is 10.1. The average Bonchev–Trinajstić information content (AvgIpc) is 3.16. The largest absolute Gasteiger partial charge is 0.367 e. The highest BCUT2D eigenvalue weighted by Gasteiger charge is 2.13. The third kappa shape index (κ3) is 6.41. The van der Waals surface area contributed by atoms with Gasteiger partial charge in [-0.2, -0.15) is 0 Å². The van der Waals surface area contributed by atoms with E-state index in [-0.39, 0.29) is 34.7 Å². The number of carbonyl (C=O) groups is 2. The molecule has 150 valence electrons. The summed E-state index contributed by atoms with van der Waals surface area (Å²) in [7, 11) is 0. The van der Waals surface area contributed by atoms with E-state index in [9.17, 15) is 18.4 Å². The molecule has 2 aromatic carbocycles. The summed E-state index contributed by atoms with van der Waals surface area (Å²) in [6.45, 7) is 0.184. The molecule has 3 rings (SSSR count). The van der Waals surface area contributed by atoms with Crippen LogP contribution in [0.4, 0.5) is 13.9 Å². The lowest BCUT2D eigenvalue weighted by Gasteiger charge is -2.03. The van der Waals surface area contributed by atoms with E-state index in [4.69, 9.17) is 4.74 Å². The number of nitrogens with one attached hydrogen (secondary N) is 1. The Kier molecular flexibility index (Phi) is 7.39. The van der Waals surface area contributed by atoms with Gasteiger partial charge in [-0.15, -0.1) is 10.2 Å². The predicted molar refractivity (Wildman–Crippen MR) is 106 cm³/mol. The van der Waals surface area contributed by atoms with Gasteiger partial charge in [-0.1, -0.05) is 53.4 Å². The van der Waals surface area contributed by atoms with Gasteiger partial charge in [0, 0.05) is 5.56 Å². The number of aromatic nitrogens is 2. The Morgan fingerprint density at radius 2 is 1.86 bits per heavy atom. The molecule has 0 spiro atoms. The van der Waals surface area contributed by atoms with Crippen LogP contribution in [-0.2, 0) is 16.1 Å². The molecule has 1 heterocycles. The first-order chi connectivity index (χ1) is 14.0. The molecule has 1 amide bonds. The first kappa shape index (κ1) is 21.0. The van der Waals surface area contributed by atoms with Crippen LogP contribution < -0.4 is 5.32 Å². The number of anilines is 1. The molecule has 1 aromatic heterocycles. The number of rotatable bonds is 9. The van der Waals surface area contributed by atoms with Crippen molar-refractivity contribution in [1.29, 1.82) is 0 Å².